The maximum Gasteiger partial charge on any atom is 0.271 e. The van der Waals surface area contributed by atoms with Gasteiger partial charge in [-0.1, -0.05) is 0 Å². The SMILES string of the molecule is NC1(C(=O)Nc2cc([N+](=O)[O-])ccc2Br)CC1. The molecule has 0 atom stereocenters. The molecule has 17 heavy (non-hydrogen) atoms. The molecule has 0 bridgehead atoms. The van der Waals surface area contributed by atoms with Crippen LogP contribution in [0.25, 0.3) is 0 Å². The molecule has 2 rings (SSSR count). The van der Waals surface area contributed by atoms with Gasteiger partial charge in [0.25, 0.3) is 5.69 Å². The summed E-state index contributed by atoms with van der Waals surface area (Å²) in [4.78, 5) is 21.8. The van der Waals surface area contributed by atoms with Crippen molar-refractivity contribution in [3.63, 3.8) is 0 Å². The summed E-state index contributed by atoms with van der Waals surface area (Å²) in [5, 5.41) is 13.2. The second kappa shape index (κ2) is 4.08. The molecule has 1 amide bonds. The highest BCUT2D eigenvalue weighted by atomic mass is 79.9. The number of rotatable bonds is 3. The largest absolute Gasteiger partial charge is 0.323 e. The Hall–Kier alpha value is -1.47. The molecule has 6 nitrogen and oxygen atoms in total. The van der Waals surface area contributed by atoms with Gasteiger partial charge in [-0.05, 0) is 34.8 Å². The van der Waals surface area contributed by atoms with Crippen LogP contribution in [0.4, 0.5) is 11.4 Å². The average Bonchev–Trinajstić information content (AvgIpc) is 3.00. The highest BCUT2D eigenvalue weighted by Gasteiger charge is 2.46. The number of non-ortho nitro benzene ring substituents is 1. The van der Waals surface area contributed by atoms with Crippen molar-refractivity contribution in [2.45, 2.75) is 18.4 Å². The Morgan fingerprint density at radius 1 is 1.53 bits per heavy atom. The second-order valence-electron chi connectivity index (χ2n) is 4.03. The molecule has 1 aromatic rings. The van der Waals surface area contributed by atoms with E-state index in [0.717, 1.165) is 0 Å². The minimum absolute atomic E-state index is 0.0784. The number of nitrogens with one attached hydrogen (secondary N) is 1. The number of hydrogen-bond donors (Lipinski definition) is 2. The van der Waals surface area contributed by atoms with Crippen LogP contribution in [0.3, 0.4) is 0 Å². The van der Waals surface area contributed by atoms with Gasteiger partial charge in [-0.15, -0.1) is 0 Å². The van der Waals surface area contributed by atoms with E-state index in [9.17, 15) is 14.9 Å². The molecule has 1 aromatic carbocycles. The fourth-order valence-electron chi connectivity index (χ4n) is 1.33. The quantitative estimate of drug-likeness (QED) is 0.656. The van der Waals surface area contributed by atoms with Crippen LogP contribution >= 0.6 is 15.9 Å². The lowest BCUT2D eigenvalue weighted by Gasteiger charge is -2.11. The monoisotopic (exact) mass is 299 g/mol. The molecule has 1 fully saturated rings. The number of anilines is 1. The molecular formula is C10H10BrN3O3. The van der Waals surface area contributed by atoms with Crippen LogP contribution in [-0.4, -0.2) is 16.4 Å². The number of nitrogens with zero attached hydrogens (tertiary/aromatic N) is 1. The van der Waals surface area contributed by atoms with Crippen LogP contribution in [0, 0.1) is 10.1 Å². The summed E-state index contributed by atoms with van der Waals surface area (Å²) in [6.07, 6.45) is 1.29. The van der Waals surface area contributed by atoms with Gasteiger partial charge >= 0.3 is 0 Å². The van der Waals surface area contributed by atoms with Gasteiger partial charge in [0.1, 0.15) is 0 Å². The first kappa shape index (κ1) is 12.0. The van der Waals surface area contributed by atoms with E-state index in [1.165, 1.54) is 18.2 Å². The number of halogens is 1. The van der Waals surface area contributed by atoms with E-state index in [1.807, 2.05) is 0 Å². The number of amides is 1. The molecule has 90 valence electrons. The van der Waals surface area contributed by atoms with Gasteiger partial charge in [-0.25, -0.2) is 0 Å². The third-order valence-corrected chi connectivity index (χ3v) is 3.34. The maximum atomic E-state index is 11.7. The van der Waals surface area contributed by atoms with Gasteiger partial charge in [0, 0.05) is 16.6 Å². The standard InChI is InChI=1S/C10H10BrN3O3/c11-7-2-1-6(14(16)17)5-8(7)13-9(15)10(12)3-4-10/h1-2,5H,3-4,12H2,(H,13,15). The van der Waals surface area contributed by atoms with E-state index >= 15 is 0 Å². The summed E-state index contributed by atoms with van der Waals surface area (Å²) >= 11 is 3.22. The number of nitro groups is 1. The van der Waals surface area contributed by atoms with Crippen molar-refractivity contribution >= 4 is 33.2 Å². The topological polar surface area (TPSA) is 98.3 Å². The first-order chi connectivity index (χ1) is 7.92. The zero-order valence-electron chi connectivity index (χ0n) is 8.77. The summed E-state index contributed by atoms with van der Waals surface area (Å²) in [7, 11) is 0. The first-order valence-electron chi connectivity index (χ1n) is 4.97. The van der Waals surface area contributed by atoms with Crippen molar-refractivity contribution in [3.05, 3.63) is 32.8 Å². The van der Waals surface area contributed by atoms with Crippen molar-refractivity contribution in [3.8, 4) is 0 Å². The lowest BCUT2D eigenvalue weighted by molar-refractivity contribution is -0.384. The number of carbonyl (C=O) groups excluding carboxylic acids is 1. The van der Waals surface area contributed by atoms with Crippen molar-refractivity contribution in [1.29, 1.82) is 0 Å². The van der Waals surface area contributed by atoms with Crippen molar-refractivity contribution < 1.29 is 9.72 Å². The number of nitro benzene ring substituents is 1. The minimum Gasteiger partial charge on any atom is -0.323 e. The molecule has 1 aliphatic rings. The van der Waals surface area contributed by atoms with E-state index in [2.05, 4.69) is 21.2 Å². The molecule has 3 N–H and O–H groups in total. The maximum absolute atomic E-state index is 11.7. The number of nitrogens with two attached hydrogens (primary N) is 1. The molecule has 0 saturated heterocycles. The number of benzene rings is 1. The first-order valence-corrected chi connectivity index (χ1v) is 5.76. The highest BCUT2D eigenvalue weighted by molar-refractivity contribution is 9.10. The van der Waals surface area contributed by atoms with Crippen LogP contribution in [-0.2, 0) is 4.79 Å². The molecule has 0 aromatic heterocycles. The summed E-state index contributed by atoms with van der Waals surface area (Å²) < 4.78 is 0.584. The van der Waals surface area contributed by atoms with Gasteiger partial charge in [0.2, 0.25) is 5.91 Å². The summed E-state index contributed by atoms with van der Waals surface area (Å²) in [5.74, 6) is -0.307. The van der Waals surface area contributed by atoms with Crippen LogP contribution in [0.1, 0.15) is 12.8 Å². The van der Waals surface area contributed by atoms with Gasteiger partial charge < -0.3 is 11.1 Å². The third kappa shape index (κ3) is 2.45. The Kier molecular flexibility index (Phi) is 2.88. The van der Waals surface area contributed by atoms with Crippen LogP contribution in [0.2, 0.25) is 0 Å². The number of hydrogen-bond acceptors (Lipinski definition) is 4. The van der Waals surface area contributed by atoms with Crippen molar-refractivity contribution in [2.75, 3.05) is 5.32 Å². The number of carbonyl (C=O) groups is 1. The highest BCUT2D eigenvalue weighted by Crippen LogP contribution is 2.35. The molecule has 7 heteroatoms. The predicted molar refractivity (Wildman–Crippen MR) is 65.6 cm³/mol. The molecule has 0 heterocycles. The minimum atomic E-state index is -0.802. The van der Waals surface area contributed by atoms with Crippen LogP contribution in [0.15, 0.2) is 22.7 Å². The van der Waals surface area contributed by atoms with E-state index in [4.69, 9.17) is 5.73 Å². The lowest BCUT2D eigenvalue weighted by atomic mass is 10.2. The Balaban J connectivity index is 2.22. The van der Waals surface area contributed by atoms with E-state index < -0.39 is 10.5 Å². The average molecular weight is 300 g/mol. The molecule has 0 aliphatic heterocycles. The summed E-state index contributed by atoms with van der Waals surface area (Å²) in [5.41, 5.74) is 5.21. The fraction of sp³-hybridized carbons (Fsp3) is 0.300. The Bertz CT molecular complexity index is 500. The molecule has 1 saturated carbocycles. The third-order valence-electron chi connectivity index (χ3n) is 2.65. The predicted octanol–water partition coefficient (Wildman–Crippen LogP) is 1.79. The molecule has 1 aliphatic carbocycles. The smallest absolute Gasteiger partial charge is 0.271 e. The van der Waals surface area contributed by atoms with Crippen molar-refractivity contribution in [1.82, 2.24) is 0 Å². The summed E-state index contributed by atoms with van der Waals surface area (Å²) in [6, 6.07) is 4.17. The summed E-state index contributed by atoms with van der Waals surface area (Å²) in [6.45, 7) is 0. The second-order valence-corrected chi connectivity index (χ2v) is 4.89. The lowest BCUT2D eigenvalue weighted by Crippen LogP contribution is -2.37. The Morgan fingerprint density at radius 3 is 2.71 bits per heavy atom. The molecule has 0 spiro atoms. The molecule has 0 unspecified atom stereocenters. The van der Waals surface area contributed by atoms with Gasteiger partial charge in [-0.2, -0.15) is 0 Å². The zero-order chi connectivity index (χ0) is 12.6. The molecular weight excluding hydrogens is 290 g/mol. The van der Waals surface area contributed by atoms with Crippen LogP contribution < -0.4 is 11.1 Å². The molecule has 0 radical (unpaired) electrons. The normalized spacial score (nSPS) is 16.4. The zero-order valence-corrected chi connectivity index (χ0v) is 10.4. The van der Waals surface area contributed by atoms with E-state index in [1.54, 1.807) is 0 Å². The Labute approximate surface area is 105 Å². The van der Waals surface area contributed by atoms with Crippen molar-refractivity contribution in [2.24, 2.45) is 5.73 Å². The van der Waals surface area contributed by atoms with Crippen LogP contribution in [0.5, 0.6) is 0 Å². The van der Waals surface area contributed by atoms with Gasteiger partial charge in [-0.3, -0.25) is 14.9 Å². The van der Waals surface area contributed by atoms with E-state index in [-0.39, 0.29) is 11.6 Å². The van der Waals surface area contributed by atoms with Gasteiger partial charge in [0.15, 0.2) is 0 Å². The van der Waals surface area contributed by atoms with Gasteiger partial charge in [0.05, 0.1) is 16.1 Å². The van der Waals surface area contributed by atoms with E-state index in [0.29, 0.717) is 23.0 Å². The fourth-order valence-corrected chi connectivity index (χ4v) is 1.68. The Morgan fingerprint density at radius 2 is 2.18 bits per heavy atom.